The molecule has 6 heteroatoms. The Morgan fingerprint density at radius 3 is 2.36 bits per heavy atom. The van der Waals surface area contributed by atoms with Crippen molar-refractivity contribution < 1.29 is 27.8 Å². The molecule has 1 aromatic carbocycles. The highest BCUT2D eigenvalue weighted by molar-refractivity contribution is 5.91. The summed E-state index contributed by atoms with van der Waals surface area (Å²) in [6.45, 7) is 0. The van der Waals surface area contributed by atoms with Gasteiger partial charge in [0.05, 0.1) is 7.11 Å². The largest absolute Gasteiger partial charge is 0.496 e. The molecule has 0 fully saturated rings. The van der Waals surface area contributed by atoms with E-state index in [1.54, 1.807) is 0 Å². The van der Waals surface area contributed by atoms with Crippen molar-refractivity contribution in [2.75, 3.05) is 7.11 Å². The second-order valence-corrected chi connectivity index (χ2v) is 2.37. The van der Waals surface area contributed by atoms with E-state index in [2.05, 4.69) is 4.74 Å². The Hall–Kier alpha value is -1.72. The van der Waals surface area contributed by atoms with E-state index in [1.807, 2.05) is 0 Å². The molecule has 0 saturated carbocycles. The highest BCUT2D eigenvalue weighted by Gasteiger charge is 2.24. The first-order chi connectivity index (χ1) is 6.49. The normalized spacial score (nSPS) is 10.0. The number of aromatic carboxylic acids is 1. The number of halogens is 3. The van der Waals surface area contributed by atoms with Crippen molar-refractivity contribution in [3.8, 4) is 5.75 Å². The van der Waals surface area contributed by atoms with Gasteiger partial charge in [-0.15, -0.1) is 0 Å². The summed E-state index contributed by atoms with van der Waals surface area (Å²) in [6.07, 6.45) is 0. The summed E-state index contributed by atoms with van der Waals surface area (Å²) in [5.74, 6) is -7.38. The van der Waals surface area contributed by atoms with Gasteiger partial charge in [-0.25, -0.2) is 18.0 Å². The predicted molar refractivity (Wildman–Crippen MR) is 39.8 cm³/mol. The van der Waals surface area contributed by atoms with Gasteiger partial charge < -0.3 is 9.84 Å². The summed E-state index contributed by atoms with van der Waals surface area (Å²) < 4.78 is 42.5. The van der Waals surface area contributed by atoms with Gasteiger partial charge in [0.25, 0.3) is 0 Å². The predicted octanol–water partition coefficient (Wildman–Crippen LogP) is 1.81. The third-order valence-corrected chi connectivity index (χ3v) is 1.56. The molecule has 0 atom stereocenters. The molecule has 0 unspecified atom stereocenters. The smallest absolute Gasteiger partial charge is 0.342 e. The molecule has 0 bridgehead atoms. The molecule has 0 aliphatic rings. The van der Waals surface area contributed by atoms with Crippen LogP contribution >= 0.6 is 0 Å². The number of hydrogen-bond acceptors (Lipinski definition) is 2. The van der Waals surface area contributed by atoms with Crippen molar-refractivity contribution in [2.45, 2.75) is 0 Å². The zero-order chi connectivity index (χ0) is 10.9. The van der Waals surface area contributed by atoms with Crippen LogP contribution in [0.1, 0.15) is 10.4 Å². The second-order valence-electron chi connectivity index (χ2n) is 2.37. The van der Waals surface area contributed by atoms with Gasteiger partial charge in [-0.05, 0) is 0 Å². The van der Waals surface area contributed by atoms with Crippen LogP contribution in [0, 0.1) is 17.5 Å². The SMILES string of the molecule is COc1cc(F)c(F)c(F)c1C(=O)O. The van der Waals surface area contributed by atoms with Gasteiger partial charge in [0, 0.05) is 6.07 Å². The standard InChI is InChI=1S/C8H5F3O3/c1-14-4-2-3(9)6(10)7(11)5(4)8(12)13/h2H,1H3,(H,12,13). The number of ether oxygens (including phenoxy) is 1. The fraction of sp³-hybridized carbons (Fsp3) is 0.125. The van der Waals surface area contributed by atoms with Crippen LogP contribution in [-0.4, -0.2) is 18.2 Å². The number of carbonyl (C=O) groups is 1. The summed E-state index contributed by atoms with van der Waals surface area (Å²) in [5.41, 5.74) is -1.02. The summed E-state index contributed by atoms with van der Waals surface area (Å²) in [7, 11) is 1.03. The molecule has 0 aliphatic carbocycles. The molecule has 0 amide bonds. The van der Waals surface area contributed by atoms with Gasteiger partial charge in [-0.3, -0.25) is 0 Å². The monoisotopic (exact) mass is 206 g/mol. The van der Waals surface area contributed by atoms with Gasteiger partial charge in [0.15, 0.2) is 17.5 Å². The molecule has 76 valence electrons. The highest BCUT2D eigenvalue weighted by Crippen LogP contribution is 2.25. The van der Waals surface area contributed by atoms with Gasteiger partial charge in [0.1, 0.15) is 11.3 Å². The molecule has 0 saturated heterocycles. The number of carboxylic acid groups (broad SMARTS) is 1. The third-order valence-electron chi connectivity index (χ3n) is 1.56. The molecule has 0 aromatic heterocycles. The number of benzene rings is 1. The summed E-state index contributed by atoms with van der Waals surface area (Å²) in [6, 6.07) is 0.474. The van der Waals surface area contributed by atoms with Crippen LogP contribution in [0.3, 0.4) is 0 Å². The van der Waals surface area contributed by atoms with Crippen LogP contribution in [0.2, 0.25) is 0 Å². The van der Waals surface area contributed by atoms with Gasteiger partial charge in [0.2, 0.25) is 0 Å². The molecule has 0 aliphatic heterocycles. The summed E-state index contributed by atoms with van der Waals surface area (Å²) in [4.78, 5) is 10.5. The van der Waals surface area contributed by atoms with Crippen molar-refractivity contribution in [3.63, 3.8) is 0 Å². The topological polar surface area (TPSA) is 46.5 Å². The molecular weight excluding hydrogens is 201 g/mol. The Labute approximate surface area is 76.7 Å². The number of rotatable bonds is 2. The van der Waals surface area contributed by atoms with Gasteiger partial charge >= 0.3 is 5.97 Å². The highest BCUT2D eigenvalue weighted by atomic mass is 19.2. The van der Waals surface area contributed by atoms with Crippen LogP contribution in [0.25, 0.3) is 0 Å². The lowest BCUT2D eigenvalue weighted by Gasteiger charge is -2.06. The minimum Gasteiger partial charge on any atom is -0.496 e. The third kappa shape index (κ3) is 1.50. The molecular formula is C8H5F3O3. The van der Waals surface area contributed by atoms with Crippen molar-refractivity contribution in [3.05, 3.63) is 29.1 Å². The molecule has 1 rings (SSSR count). The summed E-state index contributed by atoms with van der Waals surface area (Å²) in [5, 5.41) is 8.48. The van der Waals surface area contributed by atoms with Crippen LogP contribution in [0.4, 0.5) is 13.2 Å². The first-order valence-corrected chi connectivity index (χ1v) is 3.43. The molecule has 1 aromatic rings. The maximum Gasteiger partial charge on any atom is 0.342 e. The Balaban J connectivity index is 3.53. The van der Waals surface area contributed by atoms with Gasteiger partial charge in [-0.2, -0.15) is 0 Å². The lowest BCUT2D eigenvalue weighted by Crippen LogP contribution is -2.07. The first kappa shape index (κ1) is 10.4. The van der Waals surface area contributed by atoms with E-state index in [0.29, 0.717) is 6.07 Å². The lowest BCUT2D eigenvalue weighted by atomic mass is 10.1. The number of carboxylic acids is 1. The lowest BCUT2D eigenvalue weighted by molar-refractivity contribution is 0.0686. The number of methoxy groups -OCH3 is 1. The molecule has 0 heterocycles. The van der Waals surface area contributed by atoms with E-state index >= 15 is 0 Å². The molecule has 0 spiro atoms. The van der Waals surface area contributed by atoms with E-state index < -0.39 is 34.7 Å². The van der Waals surface area contributed by atoms with Crippen LogP contribution in [-0.2, 0) is 0 Å². The fourth-order valence-electron chi connectivity index (χ4n) is 0.934. The van der Waals surface area contributed by atoms with E-state index in [1.165, 1.54) is 0 Å². The minimum absolute atomic E-state index is 0.474. The Kier molecular flexibility index (Phi) is 2.64. The summed E-state index contributed by atoms with van der Waals surface area (Å²) >= 11 is 0. The average molecular weight is 206 g/mol. The molecule has 0 radical (unpaired) electrons. The van der Waals surface area contributed by atoms with Crippen molar-refractivity contribution in [2.24, 2.45) is 0 Å². The average Bonchev–Trinajstić information content (AvgIpc) is 2.12. The van der Waals surface area contributed by atoms with Crippen molar-refractivity contribution in [1.82, 2.24) is 0 Å². The minimum atomic E-state index is -1.83. The van der Waals surface area contributed by atoms with Crippen molar-refractivity contribution >= 4 is 5.97 Å². The van der Waals surface area contributed by atoms with Crippen LogP contribution in [0.15, 0.2) is 6.07 Å². The maximum absolute atomic E-state index is 12.9. The first-order valence-electron chi connectivity index (χ1n) is 3.43. The quantitative estimate of drug-likeness (QED) is 0.750. The molecule has 14 heavy (non-hydrogen) atoms. The molecule has 3 nitrogen and oxygen atoms in total. The zero-order valence-electron chi connectivity index (χ0n) is 6.97. The molecule has 1 N–H and O–H groups in total. The Morgan fingerprint density at radius 2 is 1.93 bits per heavy atom. The second kappa shape index (κ2) is 3.57. The van der Waals surface area contributed by atoms with E-state index in [9.17, 15) is 18.0 Å². The van der Waals surface area contributed by atoms with E-state index in [4.69, 9.17) is 5.11 Å². The van der Waals surface area contributed by atoms with Crippen LogP contribution in [0.5, 0.6) is 5.75 Å². The Bertz CT molecular complexity index is 390. The van der Waals surface area contributed by atoms with E-state index in [0.717, 1.165) is 7.11 Å². The van der Waals surface area contributed by atoms with Crippen molar-refractivity contribution in [1.29, 1.82) is 0 Å². The van der Waals surface area contributed by atoms with E-state index in [-0.39, 0.29) is 0 Å². The van der Waals surface area contributed by atoms with Crippen LogP contribution < -0.4 is 4.74 Å². The zero-order valence-corrected chi connectivity index (χ0v) is 6.97. The van der Waals surface area contributed by atoms with Gasteiger partial charge in [-0.1, -0.05) is 0 Å². The number of hydrogen-bond donors (Lipinski definition) is 1. The fourth-order valence-corrected chi connectivity index (χ4v) is 0.934. The Morgan fingerprint density at radius 1 is 1.36 bits per heavy atom. The maximum atomic E-state index is 12.9.